The molecule has 2 heterocycles. The molecule has 9 heteroatoms. The standard InChI is InChI=1S/C25H38N4O4.HI/c1-2-3-4-5-12-27-25(31)33-20-29(16-13-26-14-17-29)15-6-7-18-32-22-10-8-21-9-11-24(30)28-23(21)19-22;/h8-11,19,26H,2-7,12-18,20H2,1H3,(H-,27,28,30,31);1H. The van der Waals surface area contributed by atoms with Crippen molar-refractivity contribution in [2.45, 2.75) is 45.4 Å². The molecule has 0 radical (unpaired) electrons. The molecule has 2 aromatic rings. The number of carbonyl (C=O) groups excluding carboxylic acids is 1. The Morgan fingerprint density at radius 3 is 2.65 bits per heavy atom. The van der Waals surface area contributed by atoms with Gasteiger partial charge in [-0.05, 0) is 42.8 Å². The fourth-order valence-corrected chi connectivity index (χ4v) is 4.23. The Hall–Kier alpha value is -1.85. The van der Waals surface area contributed by atoms with E-state index in [0.29, 0.717) is 19.9 Å². The number of hydrogen-bond donors (Lipinski definition) is 3. The van der Waals surface area contributed by atoms with E-state index in [1.165, 1.54) is 18.9 Å². The van der Waals surface area contributed by atoms with Crippen LogP contribution in [0, 0.1) is 0 Å². The van der Waals surface area contributed by atoms with Crippen molar-refractivity contribution in [3.05, 3.63) is 40.7 Å². The van der Waals surface area contributed by atoms with Gasteiger partial charge >= 0.3 is 6.09 Å². The summed E-state index contributed by atoms with van der Waals surface area (Å²) in [6.07, 6.45) is 6.13. The van der Waals surface area contributed by atoms with Gasteiger partial charge < -0.3 is 49.1 Å². The number of ether oxygens (including phenoxy) is 2. The van der Waals surface area contributed by atoms with E-state index in [0.717, 1.165) is 79.5 Å². The molecule has 34 heavy (non-hydrogen) atoms. The predicted molar refractivity (Wildman–Crippen MR) is 131 cm³/mol. The number of carbonyl (C=O) groups is 1. The molecule has 0 atom stereocenters. The second kappa shape index (κ2) is 15.2. The maximum atomic E-state index is 12.1. The zero-order valence-corrected chi connectivity index (χ0v) is 22.4. The summed E-state index contributed by atoms with van der Waals surface area (Å²) in [5.41, 5.74) is 0.670. The summed E-state index contributed by atoms with van der Waals surface area (Å²) in [5.74, 6) is 0.759. The van der Waals surface area contributed by atoms with Crippen LogP contribution in [-0.4, -0.2) is 68.2 Å². The predicted octanol–water partition coefficient (Wildman–Crippen LogP) is 0.375. The third kappa shape index (κ3) is 9.42. The molecule has 1 aliphatic rings. The molecule has 0 bridgehead atoms. The van der Waals surface area contributed by atoms with Gasteiger partial charge in [-0.1, -0.05) is 26.2 Å². The summed E-state index contributed by atoms with van der Waals surface area (Å²) in [6, 6.07) is 9.09. The molecule has 0 spiro atoms. The number of halogens is 1. The van der Waals surface area contributed by atoms with Gasteiger partial charge in [0.2, 0.25) is 12.3 Å². The number of pyridine rings is 1. The number of nitrogens with zero attached hydrogens (tertiary/aromatic N) is 1. The lowest BCUT2D eigenvalue weighted by Crippen LogP contribution is -3.00. The number of alkyl carbamates (subject to hydrolysis) is 1. The summed E-state index contributed by atoms with van der Waals surface area (Å²) in [4.78, 5) is 26.5. The first kappa shape index (κ1) is 28.4. The van der Waals surface area contributed by atoms with Gasteiger partial charge in [-0.2, -0.15) is 0 Å². The van der Waals surface area contributed by atoms with Gasteiger partial charge in [-0.15, -0.1) is 0 Å². The lowest BCUT2D eigenvalue weighted by Gasteiger charge is -2.40. The smallest absolute Gasteiger partial charge is 0.411 e. The normalized spacial score (nSPS) is 14.9. The van der Waals surface area contributed by atoms with Crippen LogP contribution in [0.15, 0.2) is 35.1 Å². The van der Waals surface area contributed by atoms with Crippen LogP contribution in [0.4, 0.5) is 4.79 Å². The lowest BCUT2D eigenvalue weighted by molar-refractivity contribution is -0.945. The number of piperazine rings is 1. The maximum absolute atomic E-state index is 12.1. The van der Waals surface area contributed by atoms with Gasteiger partial charge in [0.1, 0.15) is 5.75 Å². The van der Waals surface area contributed by atoms with E-state index in [2.05, 4.69) is 22.5 Å². The van der Waals surface area contributed by atoms with Crippen LogP contribution in [0.3, 0.4) is 0 Å². The van der Waals surface area contributed by atoms with Crippen LogP contribution in [0.5, 0.6) is 5.75 Å². The number of aromatic nitrogens is 1. The Labute approximate surface area is 219 Å². The Morgan fingerprint density at radius 1 is 1.06 bits per heavy atom. The van der Waals surface area contributed by atoms with Crippen molar-refractivity contribution >= 4 is 17.0 Å². The average Bonchev–Trinajstić information content (AvgIpc) is 2.83. The minimum Gasteiger partial charge on any atom is -1.00 e. The van der Waals surface area contributed by atoms with Gasteiger partial charge in [0.05, 0.1) is 31.8 Å². The van der Waals surface area contributed by atoms with Crippen LogP contribution in [0.2, 0.25) is 0 Å². The highest BCUT2D eigenvalue weighted by molar-refractivity contribution is 5.79. The molecule has 1 amide bonds. The molecule has 1 aliphatic heterocycles. The highest BCUT2D eigenvalue weighted by atomic mass is 127. The molecule has 8 nitrogen and oxygen atoms in total. The number of benzene rings is 1. The monoisotopic (exact) mass is 586 g/mol. The highest BCUT2D eigenvalue weighted by Gasteiger charge is 2.30. The Balaban J connectivity index is 0.00000408. The highest BCUT2D eigenvalue weighted by Crippen LogP contribution is 2.18. The van der Waals surface area contributed by atoms with Crippen LogP contribution < -0.4 is 44.9 Å². The number of hydrogen-bond acceptors (Lipinski definition) is 5. The van der Waals surface area contributed by atoms with Gasteiger partial charge in [0.15, 0.2) is 0 Å². The van der Waals surface area contributed by atoms with Crippen molar-refractivity contribution in [3.63, 3.8) is 0 Å². The molecule has 3 N–H and O–H groups in total. The SMILES string of the molecule is CCCCCCNC(=O)OC[N+]1(CCCCOc2ccc3ccc(=O)[nH]c3c2)CCNCC1.[I-]. The molecule has 1 saturated heterocycles. The second-order valence-corrected chi connectivity index (χ2v) is 8.94. The Kier molecular flexibility index (Phi) is 12.7. The molecule has 0 unspecified atom stereocenters. The molecule has 3 rings (SSSR count). The first-order chi connectivity index (χ1) is 16.1. The van der Waals surface area contributed by atoms with Crippen LogP contribution in [-0.2, 0) is 4.74 Å². The molecular weight excluding hydrogens is 547 g/mol. The average molecular weight is 587 g/mol. The summed E-state index contributed by atoms with van der Waals surface area (Å²) in [7, 11) is 0. The number of fused-ring (bicyclic) bond motifs is 1. The number of H-pyrrole nitrogens is 1. The Morgan fingerprint density at radius 2 is 1.85 bits per heavy atom. The van der Waals surface area contributed by atoms with Crippen LogP contribution >= 0.6 is 0 Å². The molecule has 1 aromatic heterocycles. The van der Waals surface area contributed by atoms with Crippen LogP contribution in [0.1, 0.15) is 45.4 Å². The number of aromatic amines is 1. The summed E-state index contributed by atoms with van der Waals surface area (Å²) in [5, 5.41) is 7.26. The van der Waals surface area contributed by atoms with Gasteiger partial charge in [-0.3, -0.25) is 9.28 Å². The molecular formula is C25H39IN4O4. The van der Waals surface area contributed by atoms with E-state index in [9.17, 15) is 9.59 Å². The fraction of sp³-hybridized carbons (Fsp3) is 0.600. The van der Waals surface area contributed by atoms with Gasteiger partial charge in [0, 0.05) is 31.8 Å². The molecule has 1 aromatic carbocycles. The number of amides is 1. The summed E-state index contributed by atoms with van der Waals surface area (Å²) >= 11 is 0. The third-order valence-electron chi connectivity index (χ3n) is 6.29. The van der Waals surface area contributed by atoms with E-state index in [-0.39, 0.29) is 35.6 Å². The van der Waals surface area contributed by atoms with E-state index < -0.39 is 0 Å². The van der Waals surface area contributed by atoms with Gasteiger partial charge in [0.25, 0.3) is 0 Å². The van der Waals surface area contributed by atoms with E-state index >= 15 is 0 Å². The maximum Gasteiger partial charge on any atom is 0.411 e. The number of rotatable bonds is 13. The molecule has 0 saturated carbocycles. The largest absolute Gasteiger partial charge is 1.00 e. The Bertz CT molecular complexity index is 931. The molecule has 0 aliphatic carbocycles. The first-order valence-corrected chi connectivity index (χ1v) is 12.3. The van der Waals surface area contributed by atoms with Crippen LogP contribution in [0.25, 0.3) is 10.9 Å². The third-order valence-corrected chi connectivity index (χ3v) is 6.29. The minimum absolute atomic E-state index is 0. The quantitative estimate of drug-likeness (QED) is 0.179. The van der Waals surface area contributed by atoms with Crippen molar-refractivity contribution in [1.29, 1.82) is 0 Å². The van der Waals surface area contributed by atoms with Crippen molar-refractivity contribution in [2.24, 2.45) is 0 Å². The zero-order valence-electron chi connectivity index (χ0n) is 20.2. The molecule has 190 valence electrons. The second-order valence-electron chi connectivity index (χ2n) is 8.94. The summed E-state index contributed by atoms with van der Waals surface area (Å²) in [6.45, 7) is 8.64. The van der Waals surface area contributed by atoms with E-state index in [1.54, 1.807) is 0 Å². The fourth-order valence-electron chi connectivity index (χ4n) is 4.23. The van der Waals surface area contributed by atoms with E-state index in [4.69, 9.17) is 9.47 Å². The number of quaternary nitrogens is 1. The topological polar surface area (TPSA) is 92.4 Å². The minimum atomic E-state index is -0.305. The lowest BCUT2D eigenvalue weighted by atomic mass is 10.2. The number of unbranched alkanes of at least 4 members (excludes halogenated alkanes) is 4. The summed E-state index contributed by atoms with van der Waals surface area (Å²) < 4.78 is 12.3. The van der Waals surface area contributed by atoms with Crippen molar-refractivity contribution in [1.82, 2.24) is 15.6 Å². The number of nitrogens with one attached hydrogen (secondary N) is 3. The zero-order chi connectivity index (χ0) is 23.4. The van der Waals surface area contributed by atoms with Crippen molar-refractivity contribution < 1.29 is 42.7 Å². The van der Waals surface area contributed by atoms with Crippen molar-refractivity contribution in [2.75, 3.05) is 52.6 Å². The van der Waals surface area contributed by atoms with E-state index in [1.807, 2.05) is 24.3 Å². The van der Waals surface area contributed by atoms with Crippen molar-refractivity contribution in [3.8, 4) is 5.75 Å². The van der Waals surface area contributed by atoms with Gasteiger partial charge in [-0.25, -0.2) is 4.79 Å². The first-order valence-electron chi connectivity index (χ1n) is 12.3. The molecule has 1 fully saturated rings.